The number of amides is 1. The van der Waals surface area contributed by atoms with E-state index >= 15 is 0 Å². The smallest absolute Gasteiger partial charge is 0.300 e. The number of nitrogens with zero attached hydrogens (tertiary/aromatic N) is 1. The van der Waals surface area contributed by atoms with E-state index in [0.717, 1.165) is 17.5 Å². The molecule has 0 spiro atoms. The third-order valence-corrected chi connectivity index (χ3v) is 5.55. The quantitative estimate of drug-likeness (QED) is 0.356. The number of benzene rings is 3. The molecule has 4 rings (SSSR count). The van der Waals surface area contributed by atoms with Crippen molar-refractivity contribution in [3.8, 4) is 0 Å². The van der Waals surface area contributed by atoms with E-state index in [0.29, 0.717) is 16.8 Å². The van der Waals surface area contributed by atoms with Crippen molar-refractivity contribution in [3.05, 3.63) is 106 Å². The molecular weight excluding hydrogens is 393 g/mol. The summed E-state index contributed by atoms with van der Waals surface area (Å²) in [4.78, 5) is 27.5. The Bertz CT molecular complexity index is 1180. The van der Waals surface area contributed by atoms with E-state index in [1.54, 1.807) is 30.3 Å². The van der Waals surface area contributed by atoms with Crippen molar-refractivity contribution in [2.75, 3.05) is 4.90 Å². The molecule has 1 heterocycles. The summed E-state index contributed by atoms with van der Waals surface area (Å²) in [7, 11) is 0. The number of carbonyl (C=O) groups excluding carboxylic acids is 2. The van der Waals surface area contributed by atoms with Gasteiger partial charge in [0, 0.05) is 11.3 Å². The molecule has 3 aromatic rings. The normalized spacial score (nSPS) is 17.9. The molecular formula is C26H22FNO3. The molecule has 31 heavy (non-hydrogen) atoms. The molecule has 156 valence electrons. The van der Waals surface area contributed by atoms with Crippen molar-refractivity contribution in [2.24, 2.45) is 0 Å². The van der Waals surface area contributed by atoms with Gasteiger partial charge in [-0.2, -0.15) is 0 Å². The maximum absolute atomic E-state index is 13.6. The van der Waals surface area contributed by atoms with Crippen LogP contribution in [-0.2, 0) is 16.0 Å². The molecule has 4 nitrogen and oxygen atoms in total. The third kappa shape index (κ3) is 3.75. The van der Waals surface area contributed by atoms with Crippen molar-refractivity contribution in [3.63, 3.8) is 0 Å². The average molecular weight is 415 g/mol. The van der Waals surface area contributed by atoms with Gasteiger partial charge in [-0.05, 0) is 54.3 Å². The zero-order chi connectivity index (χ0) is 22.1. The summed E-state index contributed by atoms with van der Waals surface area (Å²) in [5.41, 5.74) is 3.53. The minimum absolute atomic E-state index is 0.0117. The second-order valence-electron chi connectivity index (χ2n) is 7.61. The zero-order valence-corrected chi connectivity index (χ0v) is 17.3. The Kier molecular flexibility index (Phi) is 5.42. The van der Waals surface area contributed by atoms with Gasteiger partial charge in [-0.25, -0.2) is 4.39 Å². The summed E-state index contributed by atoms with van der Waals surface area (Å²) in [5, 5.41) is 11.1. The largest absolute Gasteiger partial charge is 0.507 e. The Morgan fingerprint density at radius 3 is 2.29 bits per heavy atom. The number of hydrogen-bond donors (Lipinski definition) is 1. The van der Waals surface area contributed by atoms with Crippen LogP contribution in [0.4, 0.5) is 10.1 Å². The number of aliphatic hydroxyl groups excluding tert-OH is 1. The lowest BCUT2D eigenvalue weighted by atomic mass is 9.94. The number of carbonyl (C=O) groups is 2. The topological polar surface area (TPSA) is 57.6 Å². The predicted molar refractivity (Wildman–Crippen MR) is 118 cm³/mol. The Hall–Kier alpha value is -3.73. The van der Waals surface area contributed by atoms with Gasteiger partial charge < -0.3 is 5.11 Å². The summed E-state index contributed by atoms with van der Waals surface area (Å²) in [6.45, 7) is 3.92. The molecule has 1 N–H and O–H groups in total. The van der Waals surface area contributed by atoms with Crippen LogP contribution >= 0.6 is 0 Å². The summed E-state index contributed by atoms with van der Waals surface area (Å²) in [6.07, 6.45) is 0.842. The minimum Gasteiger partial charge on any atom is -0.507 e. The molecule has 1 unspecified atom stereocenters. The zero-order valence-electron chi connectivity index (χ0n) is 17.3. The number of hydrogen-bond acceptors (Lipinski definition) is 3. The Balaban J connectivity index is 1.92. The van der Waals surface area contributed by atoms with Crippen LogP contribution in [0.25, 0.3) is 5.76 Å². The number of anilines is 1. The van der Waals surface area contributed by atoms with E-state index in [-0.39, 0.29) is 11.3 Å². The number of Topliss-reactive ketones (excluding diaryl/α,β-unsaturated/α-hetero) is 1. The van der Waals surface area contributed by atoms with Gasteiger partial charge in [0.2, 0.25) is 0 Å². The molecule has 0 saturated carbocycles. The highest BCUT2D eigenvalue weighted by Gasteiger charge is 2.46. The first kappa shape index (κ1) is 20.5. The maximum atomic E-state index is 13.6. The SMILES string of the molecule is CCc1ccc(/C(O)=C2\C(=O)C(=O)N(c3cccc(C)c3)C2c2ccc(F)cc2)cc1. The molecule has 5 heteroatoms. The lowest BCUT2D eigenvalue weighted by molar-refractivity contribution is -0.132. The highest BCUT2D eigenvalue weighted by Crippen LogP contribution is 2.42. The van der Waals surface area contributed by atoms with Gasteiger partial charge in [-0.15, -0.1) is 0 Å². The summed E-state index contributed by atoms with van der Waals surface area (Å²) >= 11 is 0. The highest BCUT2D eigenvalue weighted by atomic mass is 19.1. The molecule has 0 aromatic heterocycles. The Labute approximate surface area is 180 Å². The third-order valence-electron chi connectivity index (χ3n) is 5.55. The van der Waals surface area contributed by atoms with Crippen LogP contribution in [0.1, 0.15) is 35.2 Å². The van der Waals surface area contributed by atoms with Crippen molar-refractivity contribution >= 4 is 23.1 Å². The van der Waals surface area contributed by atoms with Crippen LogP contribution in [0.2, 0.25) is 0 Å². The van der Waals surface area contributed by atoms with Gasteiger partial charge in [0.05, 0.1) is 11.6 Å². The van der Waals surface area contributed by atoms with Crippen LogP contribution in [0.5, 0.6) is 0 Å². The fourth-order valence-corrected chi connectivity index (χ4v) is 3.89. The number of rotatable bonds is 4. The molecule has 1 aliphatic rings. The molecule has 0 aliphatic carbocycles. The predicted octanol–water partition coefficient (Wildman–Crippen LogP) is 5.32. The molecule has 3 aromatic carbocycles. The first-order chi connectivity index (χ1) is 14.9. The van der Waals surface area contributed by atoms with E-state index < -0.39 is 23.5 Å². The molecule has 1 fully saturated rings. The number of ketones is 1. The molecule has 1 atom stereocenters. The molecule has 0 radical (unpaired) electrons. The number of aryl methyl sites for hydroxylation is 2. The number of halogens is 1. The van der Waals surface area contributed by atoms with E-state index in [2.05, 4.69) is 0 Å². The highest BCUT2D eigenvalue weighted by molar-refractivity contribution is 6.51. The standard InChI is InChI=1S/C26H22FNO3/c1-3-17-7-9-19(10-8-17)24(29)22-23(18-11-13-20(27)14-12-18)28(26(31)25(22)30)21-6-4-5-16(2)15-21/h4-15,23,29H,3H2,1-2H3/b24-22+. The van der Waals surface area contributed by atoms with Gasteiger partial charge >= 0.3 is 0 Å². The van der Waals surface area contributed by atoms with Gasteiger partial charge in [-0.1, -0.05) is 55.5 Å². The molecule has 1 amide bonds. The number of aliphatic hydroxyl groups is 1. The van der Waals surface area contributed by atoms with Crippen LogP contribution in [0.15, 0.2) is 78.4 Å². The Morgan fingerprint density at radius 1 is 1.00 bits per heavy atom. The molecule has 1 saturated heterocycles. The Morgan fingerprint density at radius 2 is 1.68 bits per heavy atom. The average Bonchev–Trinajstić information content (AvgIpc) is 3.04. The molecule has 0 bridgehead atoms. The van der Waals surface area contributed by atoms with Gasteiger partial charge in [0.15, 0.2) is 0 Å². The van der Waals surface area contributed by atoms with Gasteiger partial charge in [0.1, 0.15) is 11.6 Å². The van der Waals surface area contributed by atoms with E-state index in [1.165, 1.54) is 29.2 Å². The van der Waals surface area contributed by atoms with Crippen molar-refractivity contribution in [1.29, 1.82) is 0 Å². The summed E-state index contributed by atoms with van der Waals surface area (Å²) < 4.78 is 13.6. The minimum atomic E-state index is -0.867. The second-order valence-corrected chi connectivity index (χ2v) is 7.61. The van der Waals surface area contributed by atoms with E-state index in [9.17, 15) is 19.1 Å². The van der Waals surface area contributed by atoms with Crippen LogP contribution in [0, 0.1) is 12.7 Å². The lowest BCUT2D eigenvalue weighted by Crippen LogP contribution is -2.29. The van der Waals surface area contributed by atoms with E-state index in [1.807, 2.05) is 32.0 Å². The first-order valence-electron chi connectivity index (χ1n) is 10.1. The van der Waals surface area contributed by atoms with Crippen molar-refractivity contribution in [1.82, 2.24) is 0 Å². The monoisotopic (exact) mass is 415 g/mol. The van der Waals surface area contributed by atoms with E-state index in [4.69, 9.17) is 0 Å². The van der Waals surface area contributed by atoms with Gasteiger partial charge in [0.25, 0.3) is 11.7 Å². The fraction of sp³-hybridized carbons (Fsp3) is 0.154. The second kappa shape index (κ2) is 8.19. The fourth-order valence-electron chi connectivity index (χ4n) is 3.89. The first-order valence-corrected chi connectivity index (χ1v) is 10.1. The van der Waals surface area contributed by atoms with Crippen molar-refractivity contribution in [2.45, 2.75) is 26.3 Å². The van der Waals surface area contributed by atoms with Crippen LogP contribution < -0.4 is 4.90 Å². The van der Waals surface area contributed by atoms with Crippen molar-refractivity contribution < 1.29 is 19.1 Å². The molecule has 1 aliphatic heterocycles. The maximum Gasteiger partial charge on any atom is 0.300 e. The summed E-state index contributed by atoms with van der Waals surface area (Å²) in [5.74, 6) is -2.17. The lowest BCUT2D eigenvalue weighted by Gasteiger charge is -2.25. The van der Waals surface area contributed by atoms with Gasteiger partial charge in [-0.3, -0.25) is 14.5 Å². The summed E-state index contributed by atoms with van der Waals surface area (Å²) in [6, 6.07) is 19.2. The van der Waals surface area contributed by atoms with Crippen LogP contribution in [-0.4, -0.2) is 16.8 Å². The van der Waals surface area contributed by atoms with Crippen LogP contribution in [0.3, 0.4) is 0 Å².